The van der Waals surface area contributed by atoms with E-state index in [1.807, 2.05) is 0 Å². The molecule has 0 spiro atoms. The van der Waals surface area contributed by atoms with Crippen molar-refractivity contribution in [3.05, 3.63) is 64.7 Å². The van der Waals surface area contributed by atoms with Gasteiger partial charge in [-0.1, -0.05) is 24.3 Å². The molecule has 0 bridgehead atoms. The van der Waals surface area contributed by atoms with Gasteiger partial charge in [-0.05, 0) is 47.6 Å². The number of alkyl halides is 6. The summed E-state index contributed by atoms with van der Waals surface area (Å²) >= 11 is 0. The van der Waals surface area contributed by atoms with E-state index in [9.17, 15) is 50.8 Å². The van der Waals surface area contributed by atoms with Crippen LogP contribution in [0.3, 0.4) is 0 Å². The van der Waals surface area contributed by atoms with Gasteiger partial charge in [-0.25, -0.2) is 0 Å². The normalized spacial score (nSPS) is 13.2. The highest BCUT2D eigenvalue weighted by Crippen LogP contribution is 2.30. The van der Waals surface area contributed by atoms with Crippen LogP contribution >= 0.6 is 0 Å². The molecule has 17 heteroatoms. The van der Waals surface area contributed by atoms with Crippen LogP contribution in [0.4, 0.5) is 26.3 Å². The zero-order valence-electron chi connectivity index (χ0n) is 23.5. The zero-order valence-corrected chi connectivity index (χ0v) is 23.5. The lowest BCUT2D eigenvalue weighted by Gasteiger charge is -2.23. The molecule has 0 aliphatic rings. The minimum Gasteiger partial charge on any atom is -0.423 e. The molecule has 0 aliphatic carbocycles. The molecular weight excluding hydrogens is 599 g/mol. The molecule has 2 aromatic rings. The molecule has 2 aromatic carbocycles. The van der Waals surface area contributed by atoms with Crippen molar-refractivity contribution in [3.63, 3.8) is 0 Å². The molecule has 0 fully saturated rings. The van der Waals surface area contributed by atoms with Gasteiger partial charge in [0.15, 0.2) is 5.78 Å². The third kappa shape index (κ3) is 10.9. The van der Waals surface area contributed by atoms with Gasteiger partial charge in [-0.3, -0.25) is 14.4 Å². The number of Topliss-reactive ketones (excluding diaryl/α,β-unsaturated/α-hetero) is 1. The number of ketones is 1. The number of amides is 2. The smallest absolute Gasteiger partial charge is 0.423 e. The van der Waals surface area contributed by atoms with E-state index in [4.69, 9.17) is 17.2 Å². The first-order chi connectivity index (χ1) is 20.5. The fourth-order valence-electron chi connectivity index (χ4n) is 4.34. The number of carbonyl (C=O) groups excluding carboxylic acids is 3. The van der Waals surface area contributed by atoms with Crippen molar-refractivity contribution < 1.29 is 50.8 Å². The quantitative estimate of drug-likeness (QED) is 0.118. The van der Waals surface area contributed by atoms with Crippen LogP contribution in [0.25, 0.3) is 0 Å². The van der Waals surface area contributed by atoms with Gasteiger partial charge in [0.05, 0.1) is 23.2 Å². The van der Waals surface area contributed by atoms with Gasteiger partial charge < -0.3 is 37.5 Å². The molecule has 2 rings (SSSR count). The first kappa shape index (κ1) is 36.7. The summed E-state index contributed by atoms with van der Waals surface area (Å²) in [6, 6.07) is 3.46. The van der Waals surface area contributed by atoms with Crippen LogP contribution in [0.5, 0.6) is 0 Å². The first-order valence-electron chi connectivity index (χ1n) is 13.5. The SMILES string of the molecule is NCCN(CCN)C(=O)CC[C@H](N)C(=O)N[C@H](Cc1ccc(C(F)(F)F)cc1)C(=O)Cc1ccc(B(O)O)c(C(F)(F)F)c1. The molecule has 0 aromatic heterocycles. The second-order valence-electron chi connectivity index (χ2n) is 10.00. The van der Waals surface area contributed by atoms with Crippen molar-refractivity contribution in [1.82, 2.24) is 10.2 Å². The van der Waals surface area contributed by atoms with Crippen LogP contribution in [0.15, 0.2) is 42.5 Å². The molecule has 0 radical (unpaired) electrons. The van der Waals surface area contributed by atoms with Crippen LogP contribution < -0.4 is 28.0 Å². The molecule has 0 saturated carbocycles. The summed E-state index contributed by atoms with van der Waals surface area (Å²) in [5.41, 5.74) is 13.8. The summed E-state index contributed by atoms with van der Waals surface area (Å²) in [5, 5.41) is 21.0. The van der Waals surface area contributed by atoms with Crippen molar-refractivity contribution >= 4 is 30.2 Å². The largest absolute Gasteiger partial charge is 0.489 e. The lowest BCUT2D eigenvalue weighted by Crippen LogP contribution is -2.50. The van der Waals surface area contributed by atoms with Gasteiger partial charge >= 0.3 is 19.5 Å². The van der Waals surface area contributed by atoms with Gasteiger partial charge in [-0.2, -0.15) is 26.3 Å². The van der Waals surface area contributed by atoms with Gasteiger partial charge in [0.25, 0.3) is 0 Å². The molecule has 10 nitrogen and oxygen atoms in total. The number of rotatable bonds is 15. The second kappa shape index (κ2) is 16.0. The van der Waals surface area contributed by atoms with E-state index >= 15 is 0 Å². The minimum atomic E-state index is -4.99. The number of hydrogen-bond donors (Lipinski definition) is 6. The number of nitrogens with zero attached hydrogens (tertiary/aromatic N) is 1. The molecule has 2 atom stereocenters. The van der Waals surface area contributed by atoms with Gasteiger partial charge in [-0.15, -0.1) is 0 Å². The van der Waals surface area contributed by atoms with Crippen molar-refractivity contribution in [3.8, 4) is 0 Å². The maximum Gasteiger partial charge on any atom is 0.489 e. The van der Waals surface area contributed by atoms with Crippen molar-refractivity contribution in [1.29, 1.82) is 0 Å². The molecule has 0 unspecified atom stereocenters. The third-order valence-corrected chi connectivity index (χ3v) is 6.66. The fraction of sp³-hybridized carbons (Fsp3) is 0.444. The van der Waals surface area contributed by atoms with Crippen LogP contribution in [0.1, 0.15) is 35.1 Å². The Bertz CT molecular complexity index is 1270. The average molecular weight is 633 g/mol. The number of nitrogens with two attached hydrogens (primary N) is 3. The lowest BCUT2D eigenvalue weighted by molar-refractivity contribution is -0.138. The molecular formula is C27H34BF6N5O5. The number of halogens is 6. The van der Waals surface area contributed by atoms with Crippen LogP contribution in [0.2, 0.25) is 0 Å². The molecule has 0 heterocycles. The Morgan fingerprint density at radius 1 is 0.886 bits per heavy atom. The van der Waals surface area contributed by atoms with Crippen molar-refractivity contribution in [2.75, 3.05) is 26.2 Å². The maximum absolute atomic E-state index is 13.5. The Hall–Kier alpha value is -3.51. The summed E-state index contributed by atoms with van der Waals surface area (Å²) in [6.07, 6.45) is -10.9. The van der Waals surface area contributed by atoms with Gasteiger partial charge in [0.2, 0.25) is 11.8 Å². The predicted octanol–water partition coefficient (Wildman–Crippen LogP) is 0.0966. The summed E-state index contributed by atoms with van der Waals surface area (Å²) in [7, 11) is -2.44. The Labute approximate surface area is 249 Å². The second-order valence-corrected chi connectivity index (χ2v) is 10.00. The Morgan fingerprint density at radius 3 is 1.95 bits per heavy atom. The highest BCUT2D eigenvalue weighted by Gasteiger charge is 2.37. The summed E-state index contributed by atoms with van der Waals surface area (Å²) in [4.78, 5) is 40.1. The fourth-order valence-corrected chi connectivity index (χ4v) is 4.34. The average Bonchev–Trinajstić information content (AvgIpc) is 2.94. The first-order valence-corrected chi connectivity index (χ1v) is 13.5. The van der Waals surface area contributed by atoms with Crippen LogP contribution in [0, 0.1) is 0 Å². The number of carbonyl (C=O) groups is 3. The van der Waals surface area contributed by atoms with Crippen LogP contribution in [-0.4, -0.2) is 77.9 Å². The van der Waals surface area contributed by atoms with E-state index in [-0.39, 0.29) is 62.5 Å². The minimum absolute atomic E-state index is 0.141. The summed E-state index contributed by atoms with van der Waals surface area (Å²) in [6.45, 7) is 0.824. The molecule has 2 amide bonds. The van der Waals surface area contributed by atoms with Gasteiger partial charge in [0.1, 0.15) is 0 Å². The Kier molecular flexibility index (Phi) is 13.3. The predicted molar refractivity (Wildman–Crippen MR) is 149 cm³/mol. The van der Waals surface area contributed by atoms with Crippen molar-refractivity contribution in [2.24, 2.45) is 17.2 Å². The summed E-state index contributed by atoms with van der Waals surface area (Å²) in [5.74, 6) is -2.04. The molecule has 242 valence electrons. The topological polar surface area (TPSA) is 185 Å². The van der Waals surface area contributed by atoms with E-state index in [1.54, 1.807) is 0 Å². The number of nitrogens with one attached hydrogen (secondary N) is 1. The monoisotopic (exact) mass is 633 g/mol. The van der Waals surface area contributed by atoms with E-state index in [2.05, 4.69) is 5.32 Å². The number of benzene rings is 2. The Balaban J connectivity index is 2.28. The lowest BCUT2D eigenvalue weighted by atomic mass is 9.76. The third-order valence-electron chi connectivity index (χ3n) is 6.66. The van der Waals surface area contributed by atoms with E-state index in [0.717, 1.165) is 36.4 Å². The van der Waals surface area contributed by atoms with Crippen molar-refractivity contribution in [2.45, 2.75) is 50.1 Å². The molecule has 9 N–H and O–H groups in total. The Morgan fingerprint density at radius 2 is 1.45 bits per heavy atom. The maximum atomic E-state index is 13.5. The molecule has 0 saturated heterocycles. The zero-order chi connectivity index (χ0) is 33.2. The van der Waals surface area contributed by atoms with E-state index < -0.39 is 66.3 Å². The summed E-state index contributed by atoms with van der Waals surface area (Å²) < 4.78 is 79.5. The van der Waals surface area contributed by atoms with E-state index in [1.165, 1.54) is 4.90 Å². The number of hydrogen-bond acceptors (Lipinski definition) is 8. The molecule has 0 aliphatic heterocycles. The highest BCUT2D eigenvalue weighted by atomic mass is 19.4. The molecule has 44 heavy (non-hydrogen) atoms. The standard InChI is InChI=1S/C27H34BF6N5O5/c29-26(30,31)18-4-1-16(2-5-18)14-22(38-25(42)21(37)7-8-24(41)39(11-9-35)12-10-36)23(40)15-17-3-6-20(28(43)44)19(13-17)27(32,33)34/h1-6,13,21-22,43-44H,7-12,14-15,35-37H2,(H,38,42)/t21-,22+/m0/s1. The highest BCUT2D eigenvalue weighted by molar-refractivity contribution is 6.59. The van der Waals surface area contributed by atoms with E-state index in [0.29, 0.717) is 6.07 Å². The van der Waals surface area contributed by atoms with Crippen LogP contribution in [-0.2, 0) is 39.6 Å². The van der Waals surface area contributed by atoms with Gasteiger partial charge in [0, 0.05) is 39.0 Å².